The molecule has 0 bridgehead atoms. The molecule has 0 saturated carbocycles. The van der Waals surface area contributed by atoms with Crippen LogP contribution in [-0.2, 0) is 6.54 Å². The van der Waals surface area contributed by atoms with Gasteiger partial charge in [0.25, 0.3) is 0 Å². The van der Waals surface area contributed by atoms with Crippen LogP contribution in [0.5, 0.6) is 0 Å². The Kier molecular flexibility index (Phi) is 7.88. The Morgan fingerprint density at radius 3 is 2.53 bits per heavy atom. The van der Waals surface area contributed by atoms with Gasteiger partial charge < -0.3 is 20.1 Å². The first-order valence-electron chi connectivity index (χ1n) is 10.9. The molecule has 30 heavy (non-hydrogen) atoms. The third kappa shape index (κ3) is 5.61. The SMILES string of the molecule is CCN(CC)CCCN(Cc1c[nH]c2ccccc12)C(=S)Nc1ccc(C)cc1C. The largest absolute Gasteiger partial charge is 0.361 e. The van der Waals surface area contributed by atoms with E-state index >= 15 is 0 Å². The highest BCUT2D eigenvalue weighted by Crippen LogP contribution is 2.21. The molecule has 4 nitrogen and oxygen atoms in total. The van der Waals surface area contributed by atoms with Crippen molar-refractivity contribution in [3.05, 3.63) is 65.4 Å². The van der Waals surface area contributed by atoms with E-state index < -0.39 is 0 Å². The number of thiocarbonyl (C=S) groups is 1. The Hall–Kier alpha value is -2.37. The molecular weight excluding hydrogens is 388 g/mol. The van der Waals surface area contributed by atoms with Crippen LogP contribution in [0.4, 0.5) is 5.69 Å². The molecule has 0 atom stereocenters. The average molecular weight is 423 g/mol. The van der Waals surface area contributed by atoms with Gasteiger partial charge in [-0.15, -0.1) is 0 Å². The van der Waals surface area contributed by atoms with Crippen molar-refractivity contribution in [3.63, 3.8) is 0 Å². The Morgan fingerprint density at radius 2 is 1.80 bits per heavy atom. The van der Waals surface area contributed by atoms with E-state index in [0.29, 0.717) is 0 Å². The molecule has 1 heterocycles. The monoisotopic (exact) mass is 422 g/mol. The zero-order valence-electron chi connectivity index (χ0n) is 18.7. The second-order valence-electron chi connectivity index (χ2n) is 7.91. The number of aryl methyl sites for hydroxylation is 2. The van der Waals surface area contributed by atoms with Gasteiger partial charge in [-0.25, -0.2) is 0 Å². The maximum Gasteiger partial charge on any atom is 0.173 e. The maximum atomic E-state index is 5.87. The minimum absolute atomic E-state index is 0.784. The number of aromatic nitrogens is 1. The van der Waals surface area contributed by atoms with Crippen molar-refractivity contribution in [1.82, 2.24) is 14.8 Å². The number of rotatable bonds is 9. The second-order valence-corrected chi connectivity index (χ2v) is 8.30. The molecule has 3 aromatic rings. The third-order valence-corrected chi connectivity index (χ3v) is 6.10. The molecule has 0 fully saturated rings. The standard InChI is InChI=1S/C25H34N4S/c1-5-28(6-2)14-9-15-29(18-21-17-26-24-11-8-7-10-22(21)24)25(30)27-23-13-12-19(3)16-20(23)4/h7-8,10-13,16-17,26H,5-6,9,14-15,18H2,1-4H3,(H,27,30). The number of para-hydroxylation sites is 1. The lowest BCUT2D eigenvalue weighted by Gasteiger charge is -2.28. The van der Waals surface area contributed by atoms with E-state index in [2.05, 4.69) is 96.5 Å². The van der Waals surface area contributed by atoms with E-state index in [4.69, 9.17) is 12.2 Å². The Morgan fingerprint density at radius 1 is 1.03 bits per heavy atom. The number of nitrogens with zero attached hydrogens (tertiary/aromatic N) is 2. The summed E-state index contributed by atoms with van der Waals surface area (Å²) in [5, 5.41) is 5.55. The van der Waals surface area contributed by atoms with Crippen LogP contribution in [0.3, 0.4) is 0 Å². The van der Waals surface area contributed by atoms with Crippen LogP contribution in [0, 0.1) is 13.8 Å². The lowest BCUT2D eigenvalue weighted by molar-refractivity contribution is 0.281. The van der Waals surface area contributed by atoms with Crippen molar-refractivity contribution < 1.29 is 0 Å². The lowest BCUT2D eigenvalue weighted by atomic mass is 10.1. The van der Waals surface area contributed by atoms with Crippen molar-refractivity contribution in [2.24, 2.45) is 0 Å². The molecule has 0 unspecified atom stereocenters. The minimum atomic E-state index is 0.784. The average Bonchev–Trinajstić information content (AvgIpc) is 3.15. The van der Waals surface area contributed by atoms with Crippen LogP contribution in [0.15, 0.2) is 48.7 Å². The van der Waals surface area contributed by atoms with E-state index in [0.717, 1.165) is 49.9 Å². The number of fused-ring (bicyclic) bond motifs is 1. The van der Waals surface area contributed by atoms with Gasteiger partial charge in [0.05, 0.1) is 0 Å². The summed E-state index contributed by atoms with van der Waals surface area (Å²) < 4.78 is 0. The summed E-state index contributed by atoms with van der Waals surface area (Å²) in [7, 11) is 0. The number of hydrogen-bond acceptors (Lipinski definition) is 2. The van der Waals surface area contributed by atoms with Crippen molar-refractivity contribution in [2.45, 2.75) is 40.7 Å². The minimum Gasteiger partial charge on any atom is -0.361 e. The molecule has 3 rings (SSSR count). The predicted octanol–water partition coefficient (Wildman–Crippen LogP) is 5.72. The van der Waals surface area contributed by atoms with Gasteiger partial charge in [-0.1, -0.05) is 49.7 Å². The smallest absolute Gasteiger partial charge is 0.173 e. The molecule has 0 aliphatic rings. The first-order chi connectivity index (χ1) is 14.5. The fourth-order valence-corrected chi connectivity index (χ4v) is 4.16. The highest BCUT2D eigenvalue weighted by molar-refractivity contribution is 7.80. The summed E-state index contributed by atoms with van der Waals surface area (Å²) in [5.41, 5.74) is 6.01. The van der Waals surface area contributed by atoms with Crippen LogP contribution in [0.2, 0.25) is 0 Å². The molecule has 0 aliphatic heterocycles. The third-order valence-electron chi connectivity index (χ3n) is 5.74. The molecule has 160 valence electrons. The topological polar surface area (TPSA) is 34.3 Å². The van der Waals surface area contributed by atoms with E-state index in [9.17, 15) is 0 Å². The maximum absolute atomic E-state index is 5.87. The van der Waals surface area contributed by atoms with Crippen molar-refractivity contribution >= 4 is 33.9 Å². The van der Waals surface area contributed by atoms with E-state index in [-0.39, 0.29) is 0 Å². The molecule has 0 spiro atoms. The normalized spacial score (nSPS) is 11.2. The van der Waals surface area contributed by atoms with E-state index in [1.165, 1.54) is 27.6 Å². The number of H-pyrrole nitrogens is 1. The number of anilines is 1. The molecule has 0 saturated heterocycles. The fraction of sp³-hybridized carbons (Fsp3) is 0.400. The first kappa shape index (κ1) is 22.3. The zero-order chi connectivity index (χ0) is 21.5. The van der Waals surface area contributed by atoms with Gasteiger partial charge in [0.2, 0.25) is 0 Å². The van der Waals surface area contributed by atoms with Gasteiger partial charge >= 0.3 is 0 Å². The number of nitrogens with one attached hydrogen (secondary N) is 2. The zero-order valence-corrected chi connectivity index (χ0v) is 19.5. The molecule has 0 aliphatic carbocycles. The van der Waals surface area contributed by atoms with Crippen LogP contribution in [-0.4, -0.2) is 46.1 Å². The molecule has 0 radical (unpaired) electrons. The van der Waals surface area contributed by atoms with Crippen LogP contribution in [0.1, 0.15) is 37.0 Å². The molecule has 2 aromatic carbocycles. The number of hydrogen-bond donors (Lipinski definition) is 2. The molecule has 2 N–H and O–H groups in total. The second kappa shape index (κ2) is 10.6. The van der Waals surface area contributed by atoms with Gasteiger partial charge in [0.15, 0.2) is 5.11 Å². The van der Waals surface area contributed by atoms with Gasteiger partial charge in [0.1, 0.15) is 0 Å². The molecule has 5 heteroatoms. The van der Waals surface area contributed by atoms with Crippen molar-refractivity contribution in [2.75, 3.05) is 31.5 Å². The number of benzene rings is 2. The summed E-state index contributed by atoms with van der Waals surface area (Å²) in [6.45, 7) is 13.7. The first-order valence-corrected chi connectivity index (χ1v) is 11.3. The van der Waals surface area contributed by atoms with E-state index in [1.807, 2.05) is 0 Å². The summed E-state index contributed by atoms with van der Waals surface area (Å²) >= 11 is 5.87. The molecule has 1 aromatic heterocycles. The summed E-state index contributed by atoms with van der Waals surface area (Å²) in [6, 6.07) is 14.9. The summed E-state index contributed by atoms with van der Waals surface area (Å²) in [6.07, 6.45) is 3.19. The van der Waals surface area contributed by atoms with Gasteiger partial charge in [-0.2, -0.15) is 0 Å². The molecular formula is C25H34N4S. The lowest BCUT2D eigenvalue weighted by Crippen LogP contribution is -2.37. The van der Waals surface area contributed by atoms with Gasteiger partial charge in [0, 0.05) is 35.9 Å². The number of aromatic amines is 1. The summed E-state index contributed by atoms with van der Waals surface area (Å²) in [5.74, 6) is 0. The van der Waals surface area contributed by atoms with E-state index in [1.54, 1.807) is 0 Å². The van der Waals surface area contributed by atoms with Crippen molar-refractivity contribution in [3.8, 4) is 0 Å². The van der Waals surface area contributed by atoms with Gasteiger partial charge in [-0.3, -0.25) is 0 Å². The quantitative estimate of drug-likeness (QED) is 0.433. The van der Waals surface area contributed by atoms with Gasteiger partial charge in [-0.05, 0) is 75.4 Å². The van der Waals surface area contributed by atoms with Crippen LogP contribution in [0.25, 0.3) is 10.9 Å². The summed E-state index contributed by atoms with van der Waals surface area (Å²) in [4.78, 5) is 8.15. The van der Waals surface area contributed by atoms with Crippen molar-refractivity contribution in [1.29, 1.82) is 0 Å². The predicted molar refractivity (Wildman–Crippen MR) is 133 cm³/mol. The Balaban J connectivity index is 1.76. The Bertz CT molecular complexity index is 974. The van der Waals surface area contributed by atoms with Crippen LogP contribution >= 0.6 is 12.2 Å². The fourth-order valence-electron chi connectivity index (χ4n) is 3.89. The molecule has 0 amide bonds. The Labute approximate surface area is 186 Å². The van der Waals surface area contributed by atoms with Crippen LogP contribution < -0.4 is 5.32 Å². The highest BCUT2D eigenvalue weighted by atomic mass is 32.1. The highest BCUT2D eigenvalue weighted by Gasteiger charge is 2.14.